The Kier molecular flexibility index (Phi) is 2.65. The first-order valence-electron chi connectivity index (χ1n) is 5.27. The van der Waals surface area contributed by atoms with Gasteiger partial charge < -0.3 is 15.4 Å². The van der Waals surface area contributed by atoms with E-state index in [1.165, 1.54) is 6.92 Å². The van der Waals surface area contributed by atoms with Gasteiger partial charge in [-0.3, -0.25) is 9.59 Å². The number of carbonyl (C=O) groups is 2. The van der Waals surface area contributed by atoms with Gasteiger partial charge in [0.1, 0.15) is 0 Å². The number of hydrogen-bond acceptors (Lipinski definition) is 3. The number of amides is 2. The summed E-state index contributed by atoms with van der Waals surface area (Å²) >= 11 is 0. The molecule has 0 aromatic rings. The molecule has 2 saturated heterocycles. The molecule has 15 heavy (non-hydrogen) atoms. The molecular weight excluding hydrogens is 196 g/mol. The van der Waals surface area contributed by atoms with E-state index in [2.05, 4.69) is 10.6 Å². The highest BCUT2D eigenvalue weighted by Gasteiger charge is 2.52. The minimum absolute atomic E-state index is 0.0150. The van der Waals surface area contributed by atoms with Crippen LogP contribution in [-0.4, -0.2) is 37.1 Å². The lowest BCUT2D eigenvalue weighted by atomic mass is 9.84. The average molecular weight is 212 g/mol. The van der Waals surface area contributed by atoms with E-state index in [1.54, 1.807) is 7.05 Å². The van der Waals surface area contributed by atoms with Crippen LogP contribution >= 0.6 is 0 Å². The van der Waals surface area contributed by atoms with Crippen molar-refractivity contribution in [2.75, 3.05) is 7.05 Å². The Hall–Kier alpha value is -1.10. The summed E-state index contributed by atoms with van der Waals surface area (Å²) in [4.78, 5) is 22.7. The minimum atomic E-state index is -0.224. The smallest absolute Gasteiger partial charge is 0.227 e. The maximum Gasteiger partial charge on any atom is 0.227 e. The quantitative estimate of drug-likeness (QED) is 0.643. The van der Waals surface area contributed by atoms with E-state index >= 15 is 0 Å². The highest BCUT2D eigenvalue weighted by Crippen LogP contribution is 2.39. The fraction of sp³-hybridized carbons (Fsp3) is 0.800. The first kappa shape index (κ1) is 10.4. The molecular formula is C10H16N2O3. The molecule has 0 aromatic carbocycles. The van der Waals surface area contributed by atoms with Crippen molar-refractivity contribution >= 4 is 11.8 Å². The van der Waals surface area contributed by atoms with Crippen molar-refractivity contribution in [1.29, 1.82) is 0 Å². The standard InChI is InChI=1S/C10H16N2O3/c1-5(13)12-9-7-4-3-6(15-7)8(9)10(14)11-2/h6-9H,3-4H2,1-2H3,(H,11,14)(H,12,13). The van der Waals surface area contributed by atoms with Gasteiger partial charge in [0.25, 0.3) is 0 Å². The van der Waals surface area contributed by atoms with Gasteiger partial charge in [0, 0.05) is 14.0 Å². The molecule has 2 aliphatic rings. The van der Waals surface area contributed by atoms with Crippen LogP contribution in [0.1, 0.15) is 19.8 Å². The van der Waals surface area contributed by atoms with E-state index in [4.69, 9.17) is 4.74 Å². The number of rotatable bonds is 2. The second kappa shape index (κ2) is 3.81. The summed E-state index contributed by atoms with van der Waals surface area (Å²) in [5, 5.41) is 5.44. The van der Waals surface area contributed by atoms with E-state index in [9.17, 15) is 9.59 Å². The normalized spacial score (nSPS) is 37.7. The molecule has 0 saturated carbocycles. The first-order chi connectivity index (χ1) is 7.13. The van der Waals surface area contributed by atoms with Gasteiger partial charge in [-0.15, -0.1) is 0 Å². The van der Waals surface area contributed by atoms with E-state index in [-0.39, 0.29) is 36.0 Å². The fourth-order valence-electron chi connectivity index (χ4n) is 2.60. The molecule has 0 aliphatic carbocycles. The van der Waals surface area contributed by atoms with Gasteiger partial charge >= 0.3 is 0 Å². The molecule has 2 aliphatic heterocycles. The number of carbonyl (C=O) groups excluding carboxylic acids is 2. The van der Waals surface area contributed by atoms with Gasteiger partial charge in [0.2, 0.25) is 11.8 Å². The van der Waals surface area contributed by atoms with E-state index in [1.807, 2.05) is 0 Å². The molecule has 0 spiro atoms. The van der Waals surface area contributed by atoms with Crippen LogP contribution in [0.15, 0.2) is 0 Å². The Bertz CT molecular complexity index is 292. The fourth-order valence-corrected chi connectivity index (χ4v) is 2.60. The van der Waals surface area contributed by atoms with Crippen molar-refractivity contribution in [3.8, 4) is 0 Å². The molecule has 2 bridgehead atoms. The van der Waals surface area contributed by atoms with Crippen LogP contribution in [0.25, 0.3) is 0 Å². The topological polar surface area (TPSA) is 67.4 Å². The third-order valence-corrected chi connectivity index (χ3v) is 3.19. The van der Waals surface area contributed by atoms with E-state index in [0.717, 1.165) is 12.8 Å². The van der Waals surface area contributed by atoms with Crippen LogP contribution in [0.2, 0.25) is 0 Å². The van der Waals surface area contributed by atoms with Crippen LogP contribution in [0, 0.1) is 5.92 Å². The summed E-state index contributed by atoms with van der Waals surface area (Å²) in [5.74, 6) is -0.372. The molecule has 0 radical (unpaired) electrons. The van der Waals surface area contributed by atoms with Crippen LogP contribution in [0.5, 0.6) is 0 Å². The van der Waals surface area contributed by atoms with Crippen molar-refractivity contribution < 1.29 is 14.3 Å². The third-order valence-electron chi connectivity index (χ3n) is 3.19. The Morgan fingerprint density at radius 2 is 1.93 bits per heavy atom. The molecule has 2 rings (SSSR count). The number of nitrogens with one attached hydrogen (secondary N) is 2. The molecule has 5 nitrogen and oxygen atoms in total. The van der Waals surface area contributed by atoms with Crippen molar-refractivity contribution in [3.63, 3.8) is 0 Å². The maximum atomic E-state index is 11.7. The molecule has 0 aromatic heterocycles. The summed E-state index contributed by atoms with van der Waals surface area (Å²) in [6.45, 7) is 1.47. The second-order valence-corrected chi connectivity index (χ2v) is 4.16. The zero-order valence-electron chi connectivity index (χ0n) is 8.95. The third kappa shape index (κ3) is 1.71. The van der Waals surface area contributed by atoms with Gasteiger partial charge in [0.05, 0.1) is 24.2 Å². The molecule has 2 heterocycles. The van der Waals surface area contributed by atoms with Crippen LogP contribution in [0.4, 0.5) is 0 Å². The second-order valence-electron chi connectivity index (χ2n) is 4.16. The zero-order valence-corrected chi connectivity index (χ0v) is 8.95. The van der Waals surface area contributed by atoms with Crippen molar-refractivity contribution in [2.45, 2.75) is 38.0 Å². The van der Waals surface area contributed by atoms with Gasteiger partial charge in [-0.2, -0.15) is 0 Å². The first-order valence-corrected chi connectivity index (χ1v) is 5.27. The average Bonchev–Trinajstić information content (AvgIpc) is 2.76. The van der Waals surface area contributed by atoms with Gasteiger partial charge in [0.15, 0.2) is 0 Å². The lowest BCUT2D eigenvalue weighted by Crippen LogP contribution is -2.51. The summed E-state index contributed by atoms with van der Waals surface area (Å²) in [7, 11) is 1.61. The molecule has 4 unspecified atom stereocenters. The number of fused-ring (bicyclic) bond motifs is 2. The SMILES string of the molecule is CNC(=O)C1C2CCC(O2)C1NC(C)=O. The lowest BCUT2D eigenvalue weighted by Gasteiger charge is -2.26. The Labute approximate surface area is 88.5 Å². The van der Waals surface area contributed by atoms with Crippen LogP contribution in [0.3, 0.4) is 0 Å². The zero-order chi connectivity index (χ0) is 11.0. The molecule has 2 amide bonds. The number of hydrogen-bond donors (Lipinski definition) is 2. The van der Waals surface area contributed by atoms with E-state index in [0.29, 0.717) is 0 Å². The van der Waals surface area contributed by atoms with Crippen LogP contribution in [-0.2, 0) is 14.3 Å². The predicted molar refractivity (Wildman–Crippen MR) is 53.1 cm³/mol. The largest absolute Gasteiger partial charge is 0.372 e. The summed E-state index contributed by atoms with van der Waals surface area (Å²) < 4.78 is 5.65. The maximum absolute atomic E-state index is 11.7. The van der Waals surface area contributed by atoms with E-state index < -0.39 is 0 Å². The number of ether oxygens (including phenoxy) is 1. The molecule has 4 atom stereocenters. The minimum Gasteiger partial charge on any atom is -0.372 e. The van der Waals surface area contributed by atoms with Crippen molar-refractivity contribution in [1.82, 2.24) is 10.6 Å². The Balaban J connectivity index is 2.12. The molecule has 2 fully saturated rings. The van der Waals surface area contributed by atoms with Gasteiger partial charge in [-0.25, -0.2) is 0 Å². The highest BCUT2D eigenvalue weighted by molar-refractivity contribution is 5.82. The van der Waals surface area contributed by atoms with Gasteiger partial charge in [-0.05, 0) is 12.8 Å². The van der Waals surface area contributed by atoms with Crippen LogP contribution < -0.4 is 10.6 Å². The van der Waals surface area contributed by atoms with Crippen molar-refractivity contribution in [2.24, 2.45) is 5.92 Å². The monoisotopic (exact) mass is 212 g/mol. The Morgan fingerprint density at radius 3 is 2.53 bits per heavy atom. The summed E-state index contributed by atoms with van der Waals surface area (Å²) in [6.07, 6.45) is 1.84. The lowest BCUT2D eigenvalue weighted by molar-refractivity contribution is -0.127. The Morgan fingerprint density at radius 1 is 1.27 bits per heavy atom. The van der Waals surface area contributed by atoms with Gasteiger partial charge in [-0.1, -0.05) is 0 Å². The molecule has 84 valence electrons. The summed E-state index contributed by atoms with van der Waals surface area (Å²) in [6, 6.07) is -0.152. The highest BCUT2D eigenvalue weighted by atomic mass is 16.5. The summed E-state index contributed by atoms with van der Waals surface area (Å²) in [5.41, 5.74) is 0. The predicted octanol–water partition coefficient (Wildman–Crippen LogP) is -0.586. The molecule has 5 heteroatoms. The van der Waals surface area contributed by atoms with Crippen molar-refractivity contribution in [3.05, 3.63) is 0 Å². The molecule has 2 N–H and O–H groups in total.